The van der Waals surface area contributed by atoms with E-state index in [2.05, 4.69) is 51.5 Å². The number of oxazole rings is 1. The Kier molecular flexibility index (Phi) is 4.23. The Hall–Kier alpha value is -2.67. The van der Waals surface area contributed by atoms with Gasteiger partial charge in [0, 0.05) is 19.6 Å². The van der Waals surface area contributed by atoms with Crippen LogP contribution in [0.5, 0.6) is 0 Å². The van der Waals surface area contributed by atoms with Crippen LogP contribution in [0.4, 0.5) is 0 Å². The molecule has 0 fully saturated rings. The molecule has 0 saturated carbocycles. The predicted octanol–water partition coefficient (Wildman–Crippen LogP) is 2.37. The molecule has 0 bridgehead atoms. The van der Waals surface area contributed by atoms with Crippen LogP contribution in [0.25, 0.3) is 5.84 Å². The summed E-state index contributed by atoms with van der Waals surface area (Å²) in [7, 11) is 0. The number of unbranched alkanes of at least 4 members (excludes halogenated alkanes) is 1. The number of carbonyl (C=O) groups excluding carboxylic acids is 1. The molecule has 7 heteroatoms. The molecule has 1 aliphatic heterocycles. The van der Waals surface area contributed by atoms with Gasteiger partial charge in [0.1, 0.15) is 6.33 Å². The van der Waals surface area contributed by atoms with E-state index in [-0.39, 0.29) is 5.91 Å². The van der Waals surface area contributed by atoms with Gasteiger partial charge in [-0.25, -0.2) is 0 Å². The van der Waals surface area contributed by atoms with Crippen LogP contribution in [-0.4, -0.2) is 31.9 Å². The lowest BCUT2D eigenvalue weighted by atomic mass is 10.1. The largest absolute Gasteiger partial charge is 0.425 e. The number of nitrogens with one attached hydrogen (secondary N) is 1. The number of benzene rings is 1. The van der Waals surface area contributed by atoms with E-state index in [1.165, 1.54) is 22.0 Å². The highest BCUT2D eigenvalue weighted by Crippen LogP contribution is 2.25. The van der Waals surface area contributed by atoms with Crippen molar-refractivity contribution in [2.75, 3.05) is 6.54 Å². The molecule has 130 valence electrons. The molecule has 0 unspecified atom stereocenters. The summed E-state index contributed by atoms with van der Waals surface area (Å²) in [5.74, 6) is 0.800. The SMILES string of the molecule is CCCCNC(=O)c1c(CN2Cc3ccccc3C2)oc2ncnn12. The summed E-state index contributed by atoms with van der Waals surface area (Å²) in [5, 5.41) is 7.08. The third-order valence-electron chi connectivity index (χ3n) is 4.51. The molecular formula is C18H21N5O2. The second kappa shape index (κ2) is 6.68. The van der Waals surface area contributed by atoms with E-state index in [1.54, 1.807) is 0 Å². The van der Waals surface area contributed by atoms with Gasteiger partial charge in [0.25, 0.3) is 5.91 Å². The molecule has 2 aromatic heterocycles. The molecule has 3 heterocycles. The first-order valence-corrected chi connectivity index (χ1v) is 8.65. The zero-order valence-electron chi connectivity index (χ0n) is 14.2. The summed E-state index contributed by atoms with van der Waals surface area (Å²) in [6.07, 6.45) is 3.38. The maximum Gasteiger partial charge on any atom is 0.325 e. The number of rotatable bonds is 6. The van der Waals surface area contributed by atoms with Gasteiger partial charge >= 0.3 is 5.84 Å². The molecule has 0 atom stereocenters. The van der Waals surface area contributed by atoms with Crippen LogP contribution >= 0.6 is 0 Å². The lowest BCUT2D eigenvalue weighted by molar-refractivity contribution is 0.0942. The first-order chi connectivity index (χ1) is 12.3. The Morgan fingerprint density at radius 3 is 2.76 bits per heavy atom. The van der Waals surface area contributed by atoms with Gasteiger partial charge in [-0.1, -0.05) is 37.6 Å². The fourth-order valence-electron chi connectivity index (χ4n) is 3.24. The minimum atomic E-state index is -0.163. The standard InChI is InChI=1S/C18H21N5O2/c1-2-3-8-19-17(24)16-15(25-18-20-12-21-23(16)18)11-22-9-13-6-4-5-7-14(13)10-22/h4-7,12H,2-3,8-11H2,1H3,(H,19,24). The van der Waals surface area contributed by atoms with E-state index in [9.17, 15) is 4.79 Å². The Morgan fingerprint density at radius 1 is 1.28 bits per heavy atom. The molecule has 1 amide bonds. The fraction of sp³-hybridized carbons (Fsp3) is 0.389. The van der Waals surface area contributed by atoms with E-state index in [0.717, 1.165) is 25.9 Å². The first kappa shape index (κ1) is 15.8. The minimum Gasteiger partial charge on any atom is -0.425 e. The smallest absolute Gasteiger partial charge is 0.325 e. The quantitative estimate of drug-likeness (QED) is 0.698. The lowest BCUT2D eigenvalue weighted by Gasteiger charge is -2.13. The summed E-state index contributed by atoms with van der Waals surface area (Å²) < 4.78 is 7.30. The zero-order valence-corrected chi connectivity index (χ0v) is 14.2. The van der Waals surface area contributed by atoms with Crippen molar-refractivity contribution in [2.45, 2.75) is 39.4 Å². The number of amides is 1. The van der Waals surface area contributed by atoms with Gasteiger partial charge in [-0.2, -0.15) is 14.6 Å². The molecule has 1 aliphatic rings. The second-order valence-corrected chi connectivity index (χ2v) is 6.35. The lowest BCUT2D eigenvalue weighted by Crippen LogP contribution is -2.28. The molecule has 25 heavy (non-hydrogen) atoms. The average molecular weight is 339 g/mol. The highest BCUT2D eigenvalue weighted by Gasteiger charge is 2.26. The highest BCUT2D eigenvalue weighted by atomic mass is 16.4. The van der Waals surface area contributed by atoms with Gasteiger partial charge in [0.05, 0.1) is 6.54 Å². The van der Waals surface area contributed by atoms with Crippen molar-refractivity contribution < 1.29 is 9.21 Å². The van der Waals surface area contributed by atoms with E-state index in [0.29, 0.717) is 30.4 Å². The van der Waals surface area contributed by atoms with E-state index < -0.39 is 0 Å². The van der Waals surface area contributed by atoms with Crippen LogP contribution in [0.3, 0.4) is 0 Å². The number of nitrogens with zero attached hydrogens (tertiary/aromatic N) is 4. The van der Waals surface area contributed by atoms with Crippen LogP contribution in [0, 0.1) is 0 Å². The monoisotopic (exact) mass is 339 g/mol. The number of hydrogen-bond acceptors (Lipinski definition) is 5. The summed E-state index contributed by atoms with van der Waals surface area (Å²) in [6.45, 7) is 4.99. The van der Waals surface area contributed by atoms with Gasteiger partial charge in [0.2, 0.25) is 0 Å². The maximum atomic E-state index is 12.6. The maximum absolute atomic E-state index is 12.6. The van der Waals surface area contributed by atoms with Gasteiger partial charge < -0.3 is 9.73 Å². The van der Waals surface area contributed by atoms with Gasteiger partial charge in [-0.05, 0) is 17.5 Å². The highest BCUT2D eigenvalue weighted by molar-refractivity contribution is 5.94. The molecular weight excluding hydrogens is 318 g/mol. The van der Waals surface area contributed by atoms with Crippen molar-refractivity contribution in [2.24, 2.45) is 0 Å². The Labute approximate surface area is 145 Å². The number of fused-ring (bicyclic) bond motifs is 2. The molecule has 0 aliphatic carbocycles. The van der Waals surface area contributed by atoms with Gasteiger partial charge in [-0.3, -0.25) is 9.69 Å². The van der Waals surface area contributed by atoms with Crippen molar-refractivity contribution >= 4 is 11.8 Å². The van der Waals surface area contributed by atoms with E-state index in [4.69, 9.17) is 4.42 Å². The fourth-order valence-corrected chi connectivity index (χ4v) is 3.24. The molecule has 0 saturated heterocycles. The number of carbonyl (C=O) groups is 1. The van der Waals surface area contributed by atoms with Crippen molar-refractivity contribution in [1.82, 2.24) is 24.8 Å². The third kappa shape index (κ3) is 3.02. The van der Waals surface area contributed by atoms with Crippen molar-refractivity contribution in [3.8, 4) is 0 Å². The Morgan fingerprint density at radius 2 is 2.04 bits per heavy atom. The summed E-state index contributed by atoms with van der Waals surface area (Å²) >= 11 is 0. The summed E-state index contributed by atoms with van der Waals surface area (Å²) in [6, 6.07) is 8.40. The first-order valence-electron chi connectivity index (χ1n) is 8.65. The number of aromatic nitrogens is 3. The van der Waals surface area contributed by atoms with Crippen molar-refractivity contribution in [3.63, 3.8) is 0 Å². The molecule has 0 radical (unpaired) electrons. The van der Waals surface area contributed by atoms with Gasteiger partial charge in [0.15, 0.2) is 11.5 Å². The molecule has 4 rings (SSSR count). The average Bonchev–Trinajstić information content (AvgIpc) is 3.28. The van der Waals surface area contributed by atoms with Crippen LogP contribution < -0.4 is 5.32 Å². The van der Waals surface area contributed by atoms with Crippen LogP contribution in [0.1, 0.15) is 47.1 Å². The minimum absolute atomic E-state index is 0.163. The molecule has 0 spiro atoms. The van der Waals surface area contributed by atoms with E-state index >= 15 is 0 Å². The summed E-state index contributed by atoms with van der Waals surface area (Å²) in [4.78, 5) is 19.0. The summed E-state index contributed by atoms with van der Waals surface area (Å²) in [5.41, 5.74) is 3.09. The Balaban J connectivity index is 1.56. The molecule has 1 N–H and O–H groups in total. The normalized spacial score (nSPS) is 14.1. The Bertz CT molecular complexity index is 873. The molecule has 3 aromatic rings. The molecule has 7 nitrogen and oxygen atoms in total. The third-order valence-corrected chi connectivity index (χ3v) is 4.51. The molecule has 1 aromatic carbocycles. The van der Waals surface area contributed by atoms with E-state index in [1.807, 2.05) is 0 Å². The topological polar surface area (TPSA) is 75.7 Å². The zero-order chi connectivity index (χ0) is 17.2. The number of hydrogen-bond donors (Lipinski definition) is 1. The predicted molar refractivity (Wildman–Crippen MR) is 91.9 cm³/mol. The van der Waals surface area contributed by atoms with Crippen LogP contribution in [0.2, 0.25) is 0 Å². The van der Waals surface area contributed by atoms with Crippen molar-refractivity contribution in [1.29, 1.82) is 0 Å². The second-order valence-electron chi connectivity index (χ2n) is 6.35. The van der Waals surface area contributed by atoms with Crippen molar-refractivity contribution in [3.05, 3.63) is 53.2 Å². The van der Waals surface area contributed by atoms with Gasteiger partial charge in [-0.15, -0.1) is 0 Å². The van der Waals surface area contributed by atoms with Crippen LogP contribution in [0.15, 0.2) is 35.0 Å². The van der Waals surface area contributed by atoms with Crippen LogP contribution in [-0.2, 0) is 19.6 Å².